The Bertz CT molecular complexity index is 759. The van der Waals surface area contributed by atoms with Gasteiger partial charge in [0.05, 0.1) is 11.1 Å². The number of hydrogen-bond donors (Lipinski definition) is 3. The second kappa shape index (κ2) is 7.87. The Balaban J connectivity index is 1.79. The standard InChI is InChI=1S/C17H15FN2O4/c18-14-4-2-1-3-13(14)16(22)20-10-9-19-15(21)11-5-7-12(8-6-11)17(23)24/h1-8H,9-10H2,(H,19,21)(H,20,22)(H,23,24). The Morgan fingerprint density at radius 2 is 1.38 bits per heavy atom. The van der Waals surface area contributed by atoms with Crippen molar-refractivity contribution in [3.63, 3.8) is 0 Å². The lowest BCUT2D eigenvalue weighted by Gasteiger charge is -2.08. The molecule has 2 aromatic rings. The molecule has 2 amide bonds. The van der Waals surface area contributed by atoms with Gasteiger partial charge in [-0.1, -0.05) is 12.1 Å². The molecule has 0 bridgehead atoms. The van der Waals surface area contributed by atoms with Gasteiger partial charge >= 0.3 is 5.97 Å². The highest BCUT2D eigenvalue weighted by Gasteiger charge is 2.10. The van der Waals surface area contributed by atoms with Gasteiger partial charge in [0.15, 0.2) is 0 Å². The number of halogens is 1. The zero-order valence-electron chi connectivity index (χ0n) is 12.6. The fraction of sp³-hybridized carbons (Fsp3) is 0.118. The van der Waals surface area contributed by atoms with Crippen molar-refractivity contribution < 1.29 is 23.9 Å². The number of amides is 2. The first-order valence-electron chi connectivity index (χ1n) is 7.13. The van der Waals surface area contributed by atoms with Gasteiger partial charge in [-0.25, -0.2) is 9.18 Å². The zero-order chi connectivity index (χ0) is 17.5. The molecule has 0 saturated carbocycles. The topological polar surface area (TPSA) is 95.5 Å². The highest BCUT2D eigenvalue weighted by atomic mass is 19.1. The Kier molecular flexibility index (Phi) is 5.62. The maximum absolute atomic E-state index is 13.4. The number of nitrogens with one attached hydrogen (secondary N) is 2. The van der Waals surface area contributed by atoms with Crippen LogP contribution in [0.2, 0.25) is 0 Å². The summed E-state index contributed by atoms with van der Waals surface area (Å²) in [6.07, 6.45) is 0. The zero-order valence-corrected chi connectivity index (χ0v) is 12.6. The number of carbonyl (C=O) groups is 3. The molecule has 124 valence electrons. The molecular weight excluding hydrogens is 315 g/mol. The van der Waals surface area contributed by atoms with Crippen LogP contribution in [0.15, 0.2) is 48.5 Å². The fourth-order valence-electron chi connectivity index (χ4n) is 1.96. The Hall–Kier alpha value is -3.22. The minimum atomic E-state index is -1.07. The number of hydrogen-bond acceptors (Lipinski definition) is 3. The van der Waals surface area contributed by atoms with Crippen LogP contribution in [0.4, 0.5) is 4.39 Å². The quantitative estimate of drug-likeness (QED) is 0.702. The monoisotopic (exact) mass is 330 g/mol. The van der Waals surface area contributed by atoms with Gasteiger partial charge in [0.25, 0.3) is 11.8 Å². The molecule has 0 aliphatic rings. The molecule has 0 aliphatic carbocycles. The molecule has 0 unspecified atom stereocenters. The van der Waals surface area contributed by atoms with Crippen LogP contribution in [0.5, 0.6) is 0 Å². The van der Waals surface area contributed by atoms with Crippen molar-refractivity contribution in [3.8, 4) is 0 Å². The maximum Gasteiger partial charge on any atom is 0.335 e. The van der Waals surface area contributed by atoms with Gasteiger partial charge in [-0.2, -0.15) is 0 Å². The lowest BCUT2D eigenvalue weighted by atomic mass is 10.1. The molecule has 0 spiro atoms. The Morgan fingerprint density at radius 3 is 1.96 bits per heavy atom. The summed E-state index contributed by atoms with van der Waals surface area (Å²) in [5.74, 6) is -2.64. The minimum Gasteiger partial charge on any atom is -0.478 e. The van der Waals surface area contributed by atoms with E-state index in [2.05, 4.69) is 10.6 Å². The summed E-state index contributed by atoms with van der Waals surface area (Å²) in [6, 6.07) is 11.1. The number of benzene rings is 2. The molecule has 0 aliphatic heterocycles. The molecule has 7 heteroatoms. The summed E-state index contributed by atoms with van der Waals surface area (Å²) in [4.78, 5) is 34.4. The van der Waals surface area contributed by atoms with E-state index in [4.69, 9.17) is 5.11 Å². The van der Waals surface area contributed by atoms with Crippen molar-refractivity contribution >= 4 is 17.8 Å². The molecule has 0 radical (unpaired) electrons. The largest absolute Gasteiger partial charge is 0.478 e. The normalized spacial score (nSPS) is 10.0. The summed E-state index contributed by atoms with van der Waals surface area (Å²) < 4.78 is 13.4. The molecule has 2 rings (SSSR count). The number of aromatic carboxylic acids is 1. The van der Waals surface area contributed by atoms with Crippen molar-refractivity contribution in [1.82, 2.24) is 10.6 Å². The molecule has 3 N–H and O–H groups in total. The first-order valence-corrected chi connectivity index (χ1v) is 7.13. The average Bonchev–Trinajstić information content (AvgIpc) is 2.58. The molecule has 2 aromatic carbocycles. The summed E-state index contributed by atoms with van der Waals surface area (Å²) in [5.41, 5.74) is 0.331. The van der Waals surface area contributed by atoms with E-state index < -0.39 is 23.6 Å². The number of carboxylic acids is 1. The van der Waals surface area contributed by atoms with Crippen LogP contribution < -0.4 is 10.6 Å². The van der Waals surface area contributed by atoms with E-state index >= 15 is 0 Å². The molecule has 0 fully saturated rings. The van der Waals surface area contributed by atoms with Crippen LogP contribution in [0.25, 0.3) is 0 Å². The van der Waals surface area contributed by atoms with Crippen LogP contribution in [-0.4, -0.2) is 36.0 Å². The second-order valence-electron chi connectivity index (χ2n) is 4.87. The van der Waals surface area contributed by atoms with Crippen molar-refractivity contribution in [3.05, 3.63) is 71.0 Å². The van der Waals surface area contributed by atoms with E-state index in [0.717, 1.165) is 0 Å². The van der Waals surface area contributed by atoms with Crippen molar-refractivity contribution in [1.29, 1.82) is 0 Å². The molecule has 6 nitrogen and oxygen atoms in total. The van der Waals surface area contributed by atoms with Crippen molar-refractivity contribution in [2.45, 2.75) is 0 Å². The van der Waals surface area contributed by atoms with Crippen molar-refractivity contribution in [2.75, 3.05) is 13.1 Å². The number of carboxylic acid groups (broad SMARTS) is 1. The van der Waals surface area contributed by atoms with E-state index in [-0.39, 0.29) is 24.2 Å². The summed E-state index contributed by atoms with van der Waals surface area (Å²) >= 11 is 0. The van der Waals surface area contributed by atoms with E-state index in [9.17, 15) is 18.8 Å². The van der Waals surface area contributed by atoms with Crippen LogP contribution >= 0.6 is 0 Å². The smallest absolute Gasteiger partial charge is 0.335 e. The molecule has 0 aromatic heterocycles. The molecule has 0 heterocycles. The average molecular weight is 330 g/mol. The van der Waals surface area contributed by atoms with Gasteiger partial charge in [-0.05, 0) is 36.4 Å². The fourth-order valence-corrected chi connectivity index (χ4v) is 1.96. The van der Waals surface area contributed by atoms with Crippen LogP contribution in [-0.2, 0) is 0 Å². The van der Waals surface area contributed by atoms with Crippen LogP contribution in [0.1, 0.15) is 31.1 Å². The first kappa shape index (κ1) is 17.1. The third-order valence-corrected chi connectivity index (χ3v) is 3.21. The van der Waals surface area contributed by atoms with Crippen LogP contribution in [0, 0.1) is 5.82 Å². The lowest BCUT2D eigenvalue weighted by Crippen LogP contribution is -2.35. The molecule has 0 atom stereocenters. The van der Waals surface area contributed by atoms with Crippen LogP contribution in [0.3, 0.4) is 0 Å². The number of carbonyl (C=O) groups excluding carboxylic acids is 2. The number of rotatable bonds is 6. The Morgan fingerprint density at radius 1 is 0.833 bits per heavy atom. The van der Waals surface area contributed by atoms with Gasteiger partial charge < -0.3 is 15.7 Å². The van der Waals surface area contributed by atoms with E-state index in [1.54, 1.807) is 6.07 Å². The summed E-state index contributed by atoms with van der Waals surface area (Å²) in [5, 5.41) is 13.9. The highest BCUT2D eigenvalue weighted by Crippen LogP contribution is 2.06. The van der Waals surface area contributed by atoms with E-state index in [1.165, 1.54) is 42.5 Å². The summed E-state index contributed by atoms with van der Waals surface area (Å²) in [7, 11) is 0. The van der Waals surface area contributed by atoms with Crippen molar-refractivity contribution in [2.24, 2.45) is 0 Å². The lowest BCUT2D eigenvalue weighted by molar-refractivity contribution is 0.0696. The predicted molar refractivity (Wildman–Crippen MR) is 84.5 cm³/mol. The first-order chi connectivity index (χ1) is 11.5. The third kappa shape index (κ3) is 4.39. The second-order valence-corrected chi connectivity index (χ2v) is 4.87. The van der Waals surface area contributed by atoms with E-state index in [0.29, 0.717) is 5.56 Å². The van der Waals surface area contributed by atoms with E-state index in [1.807, 2.05) is 0 Å². The Labute approximate surface area is 137 Å². The molecule has 0 saturated heterocycles. The third-order valence-electron chi connectivity index (χ3n) is 3.21. The minimum absolute atomic E-state index is 0.0620. The maximum atomic E-state index is 13.4. The predicted octanol–water partition coefficient (Wildman–Crippen LogP) is 1.68. The van der Waals surface area contributed by atoms with Gasteiger partial charge in [-0.15, -0.1) is 0 Å². The SMILES string of the molecule is O=C(O)c1ccc(C(=O)NCCNC(=O)c2ccccc2F)cc1. The van der Waals surface area contributed by atoms with Gasteiger partial charge in [0.2, 0.25) is 0 Å². The molecule has 24 heavy (non-hydrogen) atoms. The summed E-state index contributed by atoms with van der Waals surface area (Å²) in [6.45, 7) is 0.284. The van der Waals surface area contributed by atoms with Gasteiger partial charge in [-0.3, -0.25) is 9.59 Å². The molecular formula is C17H15FN2O4. The van der Waals surface area contributed by atoms with Gasteiger partial charge in [0, 0.05) is 18.7 Å². The van der Waals surface area contributed by atoms with Gasteiger partial charge in [0.1, 0.15) is 5.82 Å². The highest BCUT2D eigenvalue weighted by molar-refractivity contribution is 5.96.